The third-order valence-corrected chi connectivity index (χ3v) is 5.40. The number of hydrogen-bond acceptors (Lipinski definition) is 3. The molecule has 1 N–H and O–H groups in total. The maximum Gasteiger partial charge on any atom is 0.0935 e. The van der Waals surface area contributed by atoms with Gasteiger partial charge in [-0.3, -0.25) is 0 Å². The molecule has 0 aliphatic carbocycles. The zero-order valence-electron chi connectivity index (χ0n) is 12.8. The second-order valence-corrected chi connectivity index (χ2v) is 6.68. The van der Waals surface area contributed by atoms with E-state index in [2.05, 4.69) is 30.3 Å². The molecule has 2 bridgehead atoms. The van der Waals surface area contributed by atoms with Crippen molar-refractivity contribution < 1.29 is 4.42 Å². The Labute approximate surface area is 122 Å². The van der Waals surface area contributed by atoms with Crippen molar-refractivity contribution in [1.82, 2.24) is 10.2 Å². The van der Waals surface area contributed by atoms with Crippen molar-refractivity contribution in [2.45, 2.75) is 63.6 Å². The number of furan rings is 1. The Kier molecular flexibility index (Phi) is 4.47. The Balaban J connectivity index is 1.66. The third kappa shape index (κ3) is 2.94. The van der Waals surface area contributed by atoms with E-state index < -0.39 is 0 Å². The fourth-order valence-corrected chi connectivity index (χ4v) is 4.18. The van der Waals surface area contributed by atoms with Crippen LogP contribution in [-0.4, -0.2) is 36.6 Å². The molecule has 3 nitrogen and oxygen atoms in total. The maximum atomic E-state index is 5.24. The molecule has 0 amide bonds. The molecule has 2 saturated heterocycles. The van der Waals surface area contributed by atoms with Crippen LogP contribution in [0.5, 0.6) is 0 Å². The standard InChI is InChI=1S/C17H28N2O/c1-3-7-18-17(9-13-6-8-20-12-13)14-10-15-4-5-16(11-14)19(15)2/h6,8,12,14-18H,3-5,7,9-11H2,1-2H3. The molecule has 0 spiro atoms. The summed E-state index contributed by atoms with van der Waals surface area (Å²) in [6, 6.07) is 4.39. The maximum absolute atomic E-state index is 5.24. The lowest BCUT2D eigenvalue weighted by Crippen LogP contribution is -2.48. The fraction of sp³-hybridized carbons (Fsp3) is 0.765. The second-order valence-electron chi connectivity index (χ2n) is 6.68. The van der Waals surface area contributed by atoms with Gasteiger partial charge >= 0.3 is 0 Å². The molecular formula is C17H28N2O. The minimum absolute atomic E-state index is 0.615. The number of nitrogens with one attached hydrogen (secondary N) is 1. The average molecular weight is 276 g/mol. The highest BCUT2D eigenvalue weighted by Crippen LogP contribution is 2.39. The summed E-state index contributed by atoms with van der Waals surface area (Å²) in [4.78, 5) is 2.63. The molecule has 0 aromatic carbocycles. The van der Waals surface area contributed by atoms with Crippen LogP contribution in [0.15, 0.2) is 23.0 Å². The van der Waals surface area contributed by atoms with E-state index in [9.17, 15) is 0 Å². The molecule has 3 unspecified atom stereocenters. The van der Waals surface area contributed by atoms with E-state index >= 15 is 0 Å². The van der Waals surface area contributed by atoms with E-state index in [0.29, 0.717) is 6.04 Å². The molecule has 3 rings (SSSR count). The number of hydrogen-bond donors (Lipinski definition) is 1. The predicted octanol–water partition coefficient (Wildman–Crippen LogP) is 3.06. The quantitative estimate of drug-likeness (QED) is 0.865. The summed E-state index contributed by atoms with van der Waals surface area (Å²) in [6.45, 7) is 3.38. The van der Waals surface area contributed by atoms with E-state index in [1.54, 1.807) is 6.26 Å². The number of nitrogens with zero attached hydrogens (tertiary/aromatic N) is 1. The van der Waals surface area contributed by atoms with Crippen LogP contribution in [0.1, 0.15) is 44.6 Å². The molecule has 2 fully saturated rings. The molecule has 3 atom stereocenters. The highest BCUT2D eigenvalue weighted by molar-refractivity contribution is 5.09. The van der Waals surface area contributed by atoms with E-state index in [-0.39, 0.29) is 0 Å². The van der Waals surface area contributed by atoms with Gasteiger partial charge in [-0.2, -0.15) is 0 Å². The topological polar surface area (TPSA) is 28.4 Å². The average Bonchev–Trinajstić information content (AvgIpc) is 3.00. The summed E-state index contributed by atoms with van der Waals surface area (Å²) >= 11 is 0. The summed E-state index contributed by atoms with van der Waals surface area (Å²) in [5.41, 5.74) is 1.34. The van der Waals surface area contributed by atoms with Crippen molar-refractivity contribution in [3.63, 3.8) is 0 Å². The molecule has 0 saturated carbocycles. The molecule has 2 aliphatic rings. The summed E-state index contributed by atoms with van der Waals surface area (Å²) in [7, 11) is 2.32. The van der Waals surface area contributed by atoms with Gasteiger partial charge in [-0.25, -0.2) is 0 Å². The van der Waals surface area contributed by atoms with Gasteiger partial charge in [0.15, 0.2) is 0 Å². The molecule has 112 valence electrons. The van der Waals surface area contributed by atoms with E-state index in [1.165, 1.54) is 37.7 Å². The van der Waals surface area contributed by atoms with Crippen molar-refractivity contribution in [1.29, 1.82) is 0 Å². The molecule has 0 radical (unpaired) electrons. The predicted molar refractivity (Wildman–Crippen MR) is 81.8 cm³/mol. The Hall–Kier alpha value is -0.800. The van der Waals surface area contributed by atoms with Crippen LogP contribution in [0.25, 0.3) is 0 Å². The van der Waals surface area contributed by atoms with Crippen molar-refractivity contribution in [3.8, 4) is 0 Å². The van der Waals surface area contributed by atoms with E-state index in [0.717, 1.165) is 31.0 Å². The largest absolute Gasteiger partial charge is 0.472 e. The van der Waals surface area contributed by atoms with Gasteiger partial charge in [0.05, 0.1) is 12.5 Å². The number of rotatable bonds is 6. The minimum atomic E-state index is 0.615. The fourth-order valence-electron chi connectivity index (χ4n) is 4.18. The normalized spacial score (nSPS) is 31.6. The van der Waals surface area contributed by atoms with Crippen molar-refractivity contribution in [2.75, 3.05) is 13.6 Å². The zero-order chi connectivity index (χ0) is 13.9. The van der Waals surface area contributed by atoms with Gasteiger partial charge in [-0.05, 0) is 69.7 Å². The lowest BCUT2D eigenvalue weighted by Gasteiger charge is -2.40. The summed E-state index contributed by atoms with van der Waals surface area (Å²) in [6.07, 6.45) is 11.6. The van der Waals surface area contributed by atoms with Gasteiger partial charge in [0, 0.05) is 18.1 Å². The summed E-state index contributed by atoms with van der Waals surface area (Å²) in [5, 5.41) is 3.80. The van der Waals surface area contributed by atoms with Gasteiger partial charge < -0.3 is 14.6 Å². The number of piperidine rings is 1. The van der Waals surface area contributed by atoms with Gasteiger partial charge in [-0.15, -0.1) is 0 Å². The van der Waals surface area contributed by atoms with Crippen molar-refractivity contribution in [2.24, 2.45) is 5.92 Å². The molecule has 20 heavy (non-hydrogen) atoms. The lowest BCUT2D eigenvalue weighted by molar-refractivity contribution is 0.112. The molecule has 1 aromatic heterocycles. The van der Waals surface area contributed by atoms with Gasteiger partial charge in [0.25, 0.3) is 0 Å². The van der Waals surface area contributed by atoms with E-state index in [1.807, 2.05) is 6.26 Å². The monoisotopic (exact) mass is 276 g/mol. The minimum Gasteiger partial charge on any atom is -0.472 e. The molecule has 1 aromatic rings. The van der Waals surface area contributed by atoms with Gasteiger partial charge in [0.2, 0.25) is 0 Å². The molecule has 2 aliphatic heterocycles. The van der Waals surface area contributed by atoms with Gasteiger partial charge in [-0.1, -0.05) is 6.92 Å². The van der Waals surface area contributed by atoms with Crippen LogP contribution < -0.4 is 5.32 Å². The molecule has 3 heterocycles. The van der Waals surface area contributed by atoms with Crippen LogP contribution in [0.4, 0.5) is 0 Å². The Morgan fingerprint density at radius 3 is 2.70 bits per heavy atom. The van der Waals surface area contributed by atoms with Crippen LogP contribution >= 0.6 is 0 Å². The second kappa shape index (κ2) is 6.31. The molecular weight excluding hydrogens is 248 g/mol. The SMILES string of the molecule is CCCNC(Cc1ccoc1)C1CC2CCC(C1)N2C. The van der Waals surface area contributed by atoms with Gasteiger partial charge in [0.1, 0.15) is 0 Å². The smallest absolute Gasteiger partial charge is 0.0935 e. The van der Waals surface area contributed by atoms with Crippen molar-refractivity contribution >= 4 is 0 Å². The Morgan fingerprint density at radius 1 is 1.35 bits per heavy atom. The zero-order valence-corrected chi connectivity index (χ0v) is 12.8. The van der Waals surface area contributed by atoms with E-state index in [4.69, 9.17) is 4.42 Å². The summed E-state index contributed by atoms with van der Waals surface area (Å²) in [5.74, 6) is 0.824. The van der Waals surface area contributed by atoms with Crippen LogP contribution in [0, 0.1) is 5.92 Å². The van der Waals surface area contributed by atoms with Crippen molar-refractivity contribution in [3.05, 3.63) is 24.2 Å². The third-order valence-electron chi connectivity index (χ3n) is 5.40. The first-order chi connectivity index (χ1) is 9.78. The first-order valence-corrected chi connectivity index (χ1v) is 8.24. The Bertz CT molecular complexity index is 389. The summed E-state index contributed by atoms with van der Waals surface area (Å²) < 4.78 is 5.24. The first kappa shape index (κ1) is 14.2. The Morgan fingerprint density at radius 2 is 2.10 bits per heavy atom. The number of fused-ring (bicyclic) bond motifs is 2. The first-order valence-electron chi connectivity index (χ1n) is 8.24. The van der Waals surface area contributed by atoms with Crippen LogP contribution in [0.2, 0.25) is 0 Å². The highest BCUT2D eigenvalue weighted by Gasteiger charge is 2.40. The van der Waals surface area contributed by atoms with Crippen LogP contribution in [-0.2, 0) is 6.42 Å². The lowest BCUT2D eigenvalue weighted by atomic mass is 9.82. The molecule has 3 heteroatoms. The highest BCUT2D eigenvalue weighted by atomic mass is 16.3. The van der Waals surface area contributed by atoms with Crippen LogP contribution in [0.3, 0.4) is 0 Å².